The van der Waals surface area contributed by atoms with Crippen molar-refractivity contribution in [2.75, 3.05) is 0 Å². The molecular formula is C24H24N2O4. The third-order valence-corrected chi connectivity index (χ3v) is 4.56. The second kappa shape index (κ2) is 8.78. The molecule has 0 fully saturated rings. The molecule has 1 aromatic heterocycles. The molecule has 0 aliphatic heterocycles. The maximum Gasteiger partial charge on any atom is 0.343 e. The van der Waals surface area contributed by atoms with Crippen molar-refractivity contribution in [1.29, 1.82) is 0 Å². The number of benzene rings is 2. The Morgan fingerprint density at radius 1 is 1.00 bits per heavy atom. The largest absolute Gasteiger partial charge is 0.469 e. The lowest BCUT2D eigenvalue weighted by Crippen LogP contribution is -2.17. The van der Waals surface area contributed by atoms with Gasteiger partial charge in [0.15, 0.2) is 0 Å². The van der Waals surface area contributed by atoms with Crippen molar-refractivity contribution in [2.24, 2.45) is 5.10 Å². The molecule has 3 aromatic rings. The predicted molar refractivity (Wildman–Crippen MR) is 115 cm³/mol. The van der Waals surface area contributed by atoms with Crippen LogP contribution >= 0.6 is 0 Å². The molecule has 1 heterocycles. The topological polar surface area (TPSA) is 80.9 Å². The molecule has 30 heavy (non-hydrogen) atoms. The van der Waals surface area contributed by atoms with Gasteiger partial charge in [-0.3, -0.25) is 4.79 Å². The van der Waals surface area contributed by atoms with Gasteiger partial charge in [-0.25, -0.2) is 10.2 Å². The van der Waals surface area contributed by atoms with Gasteiger partial charge >= 0.3 is 5.97 Å². The number of esters is 1. The summed E-state index contributed by atoms with van der Waals surface area (Å²) in [5.74, 6) is 0.192. The van der Waals surface area contributed by atoms with Crippen LogP contribution in [0, 0.1) is 6.92 Å². The van der Waals surface area contributed by atoms with Gasteiger partial charge in [-0.1, -0.05) is 32.9 Å². The number of hydrogen-bond acceptors (Lipinski definition) is 5. The number of amides is 1. The molecule has 0 aliphatic rings. The Labute approximate surface area is 175 Å². The van der Waals surface area contributed by atoms with Crippen LogP contribution in [0.1, 0.15) is 58.4 Å². The molecule has 0 unspecified atom stereocenters. The first-order valence-electron chi connectivity index (χ1n) is 9.54. The fourth-order valence-corrected chi connectivity index (χ4v) is 2.74. The van der Waals surface area contributed by atoms with Crippen LogP contribution in [0.15, 0.2) is 70.4 Å². The molecule has 154 valence electrons. The Bertz CT molecular complexity index is 1060. The Hall–Kier alpha value is -3.67. The smallest absolute Gasteiger partial charge is 0.343 e. The summed E-state index contributed by atoms with van der Waals surface area (Å²) in [5.41, 5.74) is 5.29. The predicted octanol–water partition coefficient (Wildman–Crippen LogP) is 4.87. The Morgan fingerprint density at radius 3 is 2.23 bits per heavy atom. The SMILES string of the molecule is Cc1occc1C(=O)N/N=C/c1ccc(OC(=O)c2ccc(C(C)(C)C)cc2)cc1. The van der Waals surface area contributed by atoms with Crippen molar-refractivity contribution in [1.82, 2.24) is 5.43 Å². The maximum absolute atomic E-state index is 12.3. The van der Waals surface area contributed by atoms with Gasteiger partial charge in [0, 0.05) is 0 Å². The standard InChI is InChI=1S/C24H24N2O4/c1-16-21(13-14-29-16)22(27)26-25-15-17-5-11-20(12-6-17)30-23(28)18-7-9-19(10-8-18)24(2,3)4/h5-15H,1-4H3,(H,26,27)/b25-15+. The van der Waals surface area contributed by atoms with Crippen LogP contribution in [0.5, 0.6) is 5.75 Å². The van der Waals surface area contributed by atoms with Gasteiger partial charge in [0.2, 0.25) is 0 Å². The molecule has 6 nitrogen and oxygen atoms in total. The molecule has 2 aromatic carbocycles. The van der Waals surface area contributed by atoms with Crippen molar-refractivity contribution >= 4 is 18.1 Å². The molecule has 3 rings (SSSR count). The van der Waals surface area contributed by atoms with Crippen LogP contribution < -0.4 is 10.2 Å². The van der Waals surface area contributed by atoms with Crippen molar-refractivity contribution in [2.45, 2.75) is 33.1 Å². The van der Waals surface area contributed by atoms with Crippen LogP contribution in [0.2, 0.25) is 0 Å². The number of nitrogens with zero attached hydrogens (tertiary/aromatic N) is 1. The summed E-state index contributed by atoms with van der Waals surface area (Å²) >= 11 is 0. The zero-order valence-electron chi connectivity index (χ0n) is 17.4. The monoisotopic (exact) mass is 404 g/mol. The first kappa shape index (κ1) is 21.0. The number of carbonyl (C=O) groups is 2. The zero-order valence-corrected chi connectivity index (χ0v) is 17.4. The summed E-state index contributed by atoms with van der Waals surface area (Å²) in [5, 5.41) is 3.93. The molecule has 0 atom stereocenters. The summed E-state index contributed by atoms with van der Waals surface area (Å²) in [6.45, 7) is 8.07. The van der Waals surface area contributed by atoms with Crippen LogP contribution in [0.4, 0.5) is 0 Å². The van der Waals surface area contributed by atoms with E-state index in [-0.39, 0.29) is 11.3 Å². The number of carbonyl (C=O) groups excluding carboxylic acids is 2. The second-order valence-corrected chi connectivity index (χ2v) is 7.88. The average molecular weight is 404 g/mol. The van der Waals surface area contributed by atoms with E-state index in [9.17, 15) is 9.59 Å². The van der Waals surface area contributed by atoms with E-state index in [1.165, 1.54) is 12.5 Å². The third kappa shape index (κ3) is 5.23. The number of rotatable bonds is 5. The minimum Gasteiger partial charge on any atom is -0.469 e. The van der Waals surface area contributed by atoms with Gasteiger partial charge in [-0.2, -0.15) is 5.10 Å². The highest BCUT2D eigenvalue weighted by molar-refractivity contribution is 5.95. The highest BCUT2D eigenvalue weighted by atomic mass is 16.5. The molecule has 0 bridgehead atoms. The van der Waals surface area contributed by atoms with Crippen molar-refractivity contribution in [3.8, 4) is 5.75 Å². The first-order valence-corrected chi connectivity index (χ1v) is 9.54. The van der Waals surface area contributed by atoms with Crippen molar-refractivity contribution in [3.05, 3.63) is 88.9 Å². The quantitative estimate of drug-likeness (QED) is 0.285. The molecule has 0 radical (unpaired) electrons. The fourth-order valence-electron chi connectivity index (χ4n) is 2.74. The fraction of sp³-hybridized carbons (Fsp3) is 0.208. The van der Waals surface area contributed by atoms with E-state index in [0.29, 0.717) is 22.6 Å². The molecule has 0 saturated heterocycles. The van der Waals surface area contributed by atoms with E-state index >= 15 is 0 Å². The van der Waals surface area contributed by atoms with Gasteiger partial charge in [0.25, 0.3) is 5.91 Å². The number of hydrazone groups is 1. The molecule has 0 aliphatic carbocycles. The number of nitrogens with one attached hydrogen (secondary N) is 1. The van der Waals surface area contributed by atoms with E-state index in [1.54, 1.807) is 49.4 Å². The molecular weight excluding hydrogens is 380 g/mol. The van der Waals surface area contributed by atoms with Crippen molar-refractivity contribution < 1.29 is 18.7 Å². The van der Waals surface area contributed by atoms with Gasteiger partial charge < -0.3 is 9.15 Å². The molecule has 1 N–H and O–H groups in total. The van der Waals surface area contributed by atoms with E-state index in [4.69, 9.17) is 9.15 Å². The first-order chi connectivity index (χ1) is 14.2. The van der Waals surface area contributed by atoms with Crippen LogP contribution in [0.3, 0.4) is 0 Å². The average Bonchev–Trinajstić information content (AvgIpc) is 3.14. The summed E-state index contributed by atoms with van der Waals surface area (Å²) in [4.78, 5) is 24.3. The lowest BCUT2D eigenvalue weighted by Gasteiger charge is -2.18. The highest BCUT2D eigenvalue weighted by Crippen LogP contribution is 2.22. The Balaban J connectivity index is 1.57. The zero-order chi connectivity index (χ0) is 21.7. The van der Waals surface area contributed by atoms with E-state index < -0.39 is 5.97 Å². The van der Waals surface area contributed by atoms with Gasteiger partial charge in [-0.15, -0.1) is 0 Å². The van der Waals surface area contributed by atoms with Crippen LogP contribution in [-0.4, -0.2) is 18.1 Å². The lowest BCUT2D eigenvalue weighted by molar-refractivity contribution is 0.0734. The highest BCUT2D eigenvalue weighted by Gasteiger charge is 2.15. The van der Waals surface area contributed by atoms with E-state index in [1.807, 2.05) is 12.1 Å². The minimum absolute atomic E-state index is 0.0244. The van der Waals surface area contributed by atoms with Crippen molar-refractivity contribution in [3.63, 3.8) is 0 Å². The second-order valence-electron chi connectivity index (χ2n) is 7.88. The summed E-state index contributed by atoms with van der Waals surface area (Å²) in [7, 11) is 0. The normalized spacial score (nSPS) is 11.5. The van der Waals surface area contributed by atoms with Gasteiger partial charge in [0.1, 0.15) is 11.5 Å². The van der Waals surface area contributed by atoms with Gasteiger partial charge in [-0.05, 0) is 65.9 Å². The number of ether oxygens (including phenoxy) is 1. The number of hydrogen-bond donors (Lipinski definition) is 1. The molecule has 0 saturated carbocycles. The molecule has 1 amide bonds. The number of furan rings is 1. The summed E-state index contributed by atoms with van der Waals surface area (Å²) < 4.78 is 10.5. The Kier molecular flexibility index (Phi) is 6.16. The molecule has 6 heteroatoms. The minimum atomic E-state index is -0.417. The van der Waals surface area contributed by atoms with Gasteiger partial charge in [0.05, 0.1) is 23.6 Å². The Morgan fingerprint density at radius 2 is 1.67 bits per heavy atom. The lowest BCUT2D eigenvalue weighted by atomic mass is 9.87. The van der Waals surface area contributed by atoms with Crippen LogP contribution in [0.25, 0.3) is 0 Å². The maximum atomic E-state index is 12.3. The summed E-state index contributed by atoms with van der Waals surface area (Å²) in [6.07, 6.45) is 2.96. The van der Waals surface area contributed by atoms with Crippen LogP contribution in [-0.2, 0) is 5.41 Å². The van der Waals surface area contributed by atoms with E-state index in [0.717, 1.165) is 11.1 Å². The summed E-state index contributed by atoms with van der Waals surface area (Å²) in [6, 6.07) is 15.8. The van der Waals surface area contributed by atoms with E-state index in [2.05, 4.69) is 31.3 Å². The molecule has 0 spiro atoms. The third-order valence-electron chi connectivity index (χ3n) is 4.56. The number of aryl methyl sites for hydroxylation is 1.